The van der Waals surface area contributed by atoms with Gasteiger partial charge < -0.3 is 5.32 Å². The van der Waals surface area contributed by atoms with E-state index in [0.717, 1.165) is 11.6 Å². The minimum absolute atomic E-state index is 0.0342. The van der Waals surface area contributed by atoms with E-state index in [4.69, 9.17) is 0 Å². The van der Waals surface area contributed by atoms with E-state index in [9.17, 15) is 13.2 Å². The van der Waals surface area contributed by atoms with E-state index < -0.39 is 11.7 Å². The molecule has 1 N–H and O–H groups in total. The van der Waals surface area contributed by atoms with E-state index in [1.54, 1.807) is 12.1 Å². The van der Waals surface area contributed by atoms with Gasteiger partial charge in [0.15, 0.2) is 0 Å². The number of pyridine rings is 1. The van der Waals surface area contributed by atoms with Gasteiger partial charge in [-0.3, -0.25) is 4.98 Å². The molecule has 0 atom stereocenters. The first-order chi connectivity index (χ1) is 10.6. The van der Waals surface area contributed by atoms with Gasteiger partial charge in [0.2, 0.25) is 0 Å². The molecular weight excluding hydrogens is 289 g/mol. The molecule has 0 spiro atoms. The predicted molar refractivity (Wildman–Crippen MR) is 80.5 cm³/mol. The van der Waals surface area contributed by atoms with Crippen LogP contribution in [0.15, 0.2) is 60.8 Å². The highest BCUT2D eigenvalue weighted by Gasteiger charge is 2.33. The number of aromatic nitrogens is 1. The molecule has 2 nitrogen and oxygen atoms in total. The summed E-state index contributed by atoms with van der Waals surface area (Å²) < 4.78 is 39.1. The Bertz CT molecular complexity index is 783. The maximum absolute atomic E-state index is 13.0. The molecule has 1 heterocycles. The molecule has 0 unspecified atom stereocenters. The molecule has 1 aromatic heterocycles. The number of nitrogens with one attached hydrogen (secondary N) is 1. The lowest BCUT2D eigenvalue weighted by Crippen LogP contribution is -2.07. The zero-order chi connectivity index (χ0) is 15.6. The van der Waals surface area contributed by atoms with Crippen LogP contribution in [0.2, 0.25) is 0 Å². The van der Waals surface area contributed by atoms with Crippen molar-refractivity contribution in [2.75, 3.05) is 5.32 Å². The van der Waals surface area contributed by atoms with E-state index in [2.05, 4.69) is 10.3 Å². The van der Waals surface area contributed by atoms with Crippen LogP contribution in [0.4, 0.5) is 18.9 Å². The van der Waals surface area contributed by atoms with E-state index in [1.165, 1.54) is 12.3 Å². The lowest BCUT2D eigenvalue weighted by Gasteiger charge is -2.13. The molecule has 0 fully saturated rings. The van der Waals surface area contributed by atoms with E-state index in [0.29, 0.717) is 17.6 Å². The van der Waals surface area contributed by atoms with Gasteiger partial charge in [0.25, 0.3) is 0 Å². The van der Waals surface area contributed by atoms with Crippen molar-refractivity contribution in [1.29, 1.82) is 0 Å². The Balaban J connectivity index is 1.97. The number of para-hydroxylation sites is 1. The summed E-state index contributed by atoms with van der Waals surface area (Å²) in [6.07, 6.45) is -3.02. The first-order valence-electron chi connectivity index (χ1n) is 6.78. The fourth-order valence-electron chi connectivity index (χ4n) is 2.35. The minimum Gasteiger partial charge on any atom is -0.380 e. The summed E-state index contributed by atoms with van der Waals surface area (Å²) >= 11 is 0. The maximum atomic E-state index is 13.0. The SMILES string of the molecule is FC(F)(F)c1cccc2c(NCc3ccccc3)ccnc12. The number of nitrogens with zero attached hydrogens (tertiary/aromatic N) is 1. The first kappa shape index (κ1) is 14.4. The maximum Gasteiger partial charge on any atom is 0.418 e. The zero-order valence-corrected chi connectivity index (χ0v) is 11.6. The third-order valence-electron chi connectivity index (χ3n) is 3.40. The number of hydrogen-bond acceptors (Lipinski definition) is 2. The molecule has 0 saturated carbocycles. The molecule has 3 rings (SSSR count). The lowest BCUT2D eigenvalue weighted by atomic mass is 10.1. The average molecular weight is 302 g/mol. The molecule has 0 aliphatic rings. The van der Waals surface area contributed by atoms with Gasteiger partial charge >= 0.3 is 6.18 Å². The summed E-state index contributed by atoms with van der Waals surface area (Å²) in [4.78, 5) is 3.90. The van der Waals surface area contributed by atoms with Gasteiger partial charge in [-0.05, 0) is 17.7 Å². The molecule has 0 aliphatic heterocycles. The van der Waals surface area contributed by atoms with Crippen LogP contribution in [0.5, 0.6) is 0 Å². The zero-order valence-electron chi connectivity index (χ0n) is 11.6. The Kier molecular flexibility index (Phi) is 3.71. The highest BCUT2D eigenvalue weighted by atomic mass is 19.4. The van der Waals surface area contributed by atoms with Gasteiger partial charge in [0, 0.05) is 23.8 Å². The van der Waals surface area contributed by atoms with Gasteiger partial charge in [0.05, 0.1) is 11.1 Å². The second-order valence-corrected chi connectivity index (χ2v) is 4.90. The number of halogens is 3. The lowest BCUT2D eigenvalue weighted by molar-refractivity contribution is -0.136. The van der Waals surface area contributed by atoms with Crippen LogP contribution in [-0.4, -0.2) is 4.98 Å². The summed E-state index contributed by atoms with van der Waals surface area (Å²) in [5.41, 5.74) is 0.945. The van der Waals surface area contributed by atoms with Gasteiger partial charge in [0.1, 0.15) is 0 Å². The minimum atomic E-state index is -4.41. The Morgan fingerprint density at radius 3 is 2.41 bits per heavy atom. The Labute approximate surface area is 125 Å². The standard InChI is InChI=1S/C17H13F3N2/c18-17(19,20)14-8-4-7-13-15(9-10-21-16(13)14)22-11-12-5-2-1-3-6-12/h1-10H,11H2,(H,21,22). The van der Waals surface area contributed by atoms with Crippen LogP contribution in [0, 0.1) is 0 Å². The van der Waals surface area contributed by atoms with Crippen LogP contribution in [0.1, 0.15) is 11.1 Å². The average Bonchev–Trinajstić information content (AvgIpc) is 2.52. The number of benzene rings is 2. The van der Waals surface area contributed by atoms with Crippen molar-refractivity contribution < 1.29 is 13.2 Å². The normalized spacial score (nSPS) is 11.6. The van der Waals surface area contributed by atoms with Gasteiger partial charge in [-0.25, -0.2) is 0 Å². The summed E-state index contributed by atoms with van der Waals surface area (Å²) in [6.45, 7) is 0.538. The molecule has 0 aliphatic carbocycles. The van der Waals surface area contributed by atoms with E-state index in [1.807, 2.05) is 30.3 Å². The smallest absolute Gasteiger partial charge is 0.380 e. The van der Waals surface area contributed by atoms with Gasteiger partial charge in [-0.2, -0.15) is 13.2 Å². The van der Waals surface area contributed by atoms with E-state index >= 15 is 0 Å². The highest BCUT2D eigenvalue weighted by Crippen LogP contribution is 2.35. The second kappa shape index (κ2) is 5.67. The van der Waals surface area contributed by atoms with E-state index in [-0.39, 0.29) is 5.52 Å². The fourth-order valence-corrected chi connectivity index (χ4v) is 2.35. The fraction of sp³-hybridized carbons (Fsp3) is 0.118. The highest BCUT2D eigenvalue weighted by molar-refractivity contribution is 5.93. The van der Waals surface area contributed by atoms with Crippen molar-refractivity contribution in [3.63, 3.8) is 0 Å². The number of alkyl halides is 3. The molecule has 0 radical (unpaired) electrons. The van der Waals surface area contributed by atoms with Gasteiger partial charge in [-0.1, -0.05) is 42.5 Å². The second-order valence-electron chi connectivity index (χ2n) is 4.90. The van der Waals surface area contributed by atoms with Crippen molar-refractivity contribution in [3.05, 3.63) is 71.9 Å². The molecule has 0 saturated heterocycles. The Morgan fingerprint density at radius 1 is 0.909 bits per heavy atom. The molecule has 0 bridgehead atoms. The van der Waals surface area contributed by atoms with Crippen LogP contribution >= 0.6 is 0 Å². The number of anilines is 1. The van der Waals surface area contributed by atoms with Crippen molar-refractivity contribution in [2.24, 2.45) is 0 Å². The van der Waals surface area contributed by atoms with Crippen LogP contribution in [-0.2, 0) is 12.7 Å². The number of rotatable bonds is 3. The number of fused-ring (bicyclic) bond motifs is 1. The van der Waals surface area contributed by atoms with Gasteiger partial charge in [-0.15, -0.1) is 0 Å². The topological polar surface area (TPSA) is 24.9 Å². The third-order valence-corrected chi connectivity index (χ3v) is 3.40. The molecule has 22 heavy (non-hydrogen) atoms. The van der Waals surface area contributed by atoms with Crippen LogP contribution < -0.4 is 5.32 Å². The van der Waals surface area contributed by atoms with Crippen molar-refractivity contribution in [3.8, 4) is 0 Å². The summed E-state index contributed by atoms with van der Waals surface area (Å²) in [5, 5.41) is 3.64. The molecular formula is C17H13F3N2. The molecule has 0 amide bonds. The summed E-state index contributed by atoms with van der Waals surface area (Å²) in [7, 11) is 0. The third kappa shape index (κ3) is 2.88. The van der Waals surface area contributed by atoms with Crippen molar-refractivity contribution >= 4 is 16.6 Å². The molecule has 112 valence electrons. The number of hydrogen-bond donors (Lipinski definition) is 1. The quantitative estimate of drug-likeness (QED) is 0.747. The first-order valence-corrected chi connectivity index (χ1v) is 6.78. The van der Waals surface area contributed by atoms with Crippen LogP contribution in [0.3, 0.4) is 0 Å². The summed E-state index contributed by atoms with van der Waals surface area (Å²) in [6, 6.07) is 15.5. The monoisotopic (exact) mass is 302 g/mol. The summed E-state index contributed by atoms with van der Waals surface area (Å²) in [5.74, 6) is 0. The predicted octanol–water partition coefficient (Wildman–Crippen LogP) is 4.87. The molecule has 3 aromatic rings. The van der Waals surface area contributed by atoms with Crippen molar-refractivity contribution in [1.82, 2.24) is 4.98 Å². The van der Waals surface area contributed by atoms with Crippen molar-refractivity contribution in [2.45, 2.75) is 12.7 Å². The molecule has 2 aromatic carbocycles. The van der Waals surface area contributed by atoms with Crippen LogP contribution in [0.25, 0.3) is 10.9 Å². The molecule has 5 heteroatoms. The Morgan fingerprint density at radius 2 is 1.68 bits per heavy atom. The largest absolute Gasteiger partial charge is 0.418 e. The Hall–Kier alpha value is -2.56.